The zero-order valence-corrected chi connectivity index (χ0v) is 12.9. The Morgan fingerprint density at radius 3 is 2.33 bits per heavy atom. The summed E-state index contributed by atoms with van der Waals surface area (Å²) in [5.74, 6) is 2.56. The van der Waals surface area contributed by atoms with E-state index < -0.39 is 0 Å². The van der Waals surface area contributed by atoms with Gasteiger partial charge in [0.15, 0.2) is 0 Å². The van der Waals surface area contributed by atoms with Gasteiger partial charge in [0, 0.05) is 24.7 Å². The normalized spacial score (nSPS) is 47.2. The van der Waals surface area contributed by atoms with E-state index in [1.54, 1.807) is 0 Å². The Morgan fingerprint density at radius 1 is 0.944 bits per heavy atom. The summed E-state index contributed by atoms with van der Waals surface area (Å²) < 4.78 is 0. The molecule has 1 N–H and O–H groups in total. The molecule has 6 unspecified atom stereocenters. The lowest BCUT2D eigenvalue weighted by Gasteiger charge is -2.50. The second kappa shape index (κ2) is 5.92. The molecule has 18 heavy (non-hydrogen) atoms. The number of hydrogen-bond donors (Lipinski definition) is 1. The number of hydrogen-bond acceptors (Lipinski definition) is 2. The Bertz CT molecular complexity index is 266. The third-order valence-corrected chi connectivity index (χ3v) is 6.08. The SMILES string of the molecule is CNC1CCN(C2CCCC(C)C2C)C(C)C1C. The van der Waals surface area contributed by atoms with Crippen molar-refractivity contribution in [3.05, 3.63) is 0 Å². The van der Waals surface area contributed by atoms with Crippen LogP contribution in [-0.4, -0.2) is 36.6 Å². The number of likely N-dealkylation sites (tertiary alicyclic amines) is 1. The predicted octanol–water partition coefficient (Wildman–Crippen LogP) is 3.13. The van der Waals surface area contributed by atoms with Gasteiger partial charge >= 0.3 is 0 Å². The van der Waals surface area contributed by atoms with E-state index in [1.165, 1.54) is 32.2 Å². The quantitative estimate of drug-likeness (QED) is 0.812. The van der Waals surface area contributed by atoms with E-state index in [-0.39, 0.29) is 0 Å². The lowest BCUT2D eigenvalue weighted by atomic mass is 9.75. The molecular weight excluding hydrogens is 220 g/mol. The van der Waals surface area contributed by atoms with Crippen LogP contribution in [-0.2, 0) is 0 Å². The highest BCUT2D eigenvalue weighted by Gasteiger charge is 2.39. The third-order valence-electron chi connectivity index (χ3n) is 6.08. The van der Waals surface area contributed by atoms with Gasteiger partial charge < -0.3 is 5.32 Å². The molecule has 0 aromatic carbocycles. The minimum atomic E-state index is 0.715. The van der Waals surface area contributed by atoms with E-state index >= 15 is 0 Å². The van der Waals surface area contributed by atoms with Crippen molar-refractivity contribution < 1.29 is 0 Å². The molecule has 1 aliphatic heterocycles. The summed E-state index contributed by atoms with van der Waals surface area (Å²) in [4.78, 5) is 2.83. The van der Waals surface area contributed by atoms with E-state index in [0.717, 1.165) is 29.8 Å². The summed E-state index contributed by atoms with van der Waals surface area (Å²) in [6.07, 6.45) is 5.62. The number of nitrogens with zero attached hydrogens (tertiary/aromatic N) is 1. The average Bonchev–Trinajstić information content (AvgIpc) is 2.37. The highest BCUT2D eigenvalue weighted by atomic mass is 15.2. The monoisotopic (exact) mass is 252 g/mol. The molecule has 2 aliphatic rings. The molecule has 1 saturated heterocycles. The Hall–Kier alpha value is -0.0800. The first-order chi connectivity index (χ1) is 8.56. The van der Waals surface area contributed by atoms with Crippen molar-refractivity contribution in [3.8, 4) is 0 Å². The Balaban J connectivity index is 2.04. The molecule has 106 valence electrons. The zero-order valence-electron chi connectivity index (χ0n) is 12.9. The van der Waals surface area contributed by atoms with Gasteiger partial charge in [-0.05, 0) is 44.6 Å². The Kier molecular flexibility index (Phi) is 4.71. The summed E-state index contributed by atoms with van der Waals surface area (Å²) in [6.45, 7) is 11.1. The lowest BCUT2D eigenvalue weighted by molar-refractivity contribution is -0.00123. The van der Waals surface area contributed by atoms with Gasteiger partial charge in [-0.1, -0.05) is 33.6 Å². The van der Waals surface area contributed by atoms with Crippen LogP contribution in [0.4, 0.5) is 0 Å². The van der Waals surface area contributed by atoms with E-state index in [1.807, 2.05) is 0 Å². The third kappa shape index (κ3) is 2.60. The molecule has 0 amide bonds. The van der Waals surface area contributed by atoms with Crippen molar-refractivity contribution >= 4 is 0 Å². The molecule has 0 bridgehead atoms. The van der Waals surface area contributed by atoms with E-state index in [2.05, 4.69) is 45.0 Å². The molecule has 2 fully saturated rings. The predicted molar refractivity (Wildman–Crippen MR) is 78.8 cm³/mol. The summed E-state index contributed by atoms with van der Waals surface area (Å²) in [5, 5.41) is 3.50. The van der Waals surface area contributed by atoms with Crippen LogP contribution in [0.1, 0.15) is 53.4 Å². The van der Waals surface area contributed by atoms with E-state index in [0.29, 0.717) is 6.04 Å². The van der Waals surface area contributed by atoms with Gasteiger partial charge in [-0.2, -0.15) is 0 Å². The molecule has 0 radical (unpaired) electrons. The summed E-state index contributed by atoms with van der Waals surface area (Å²) >= 11 is 0. The second-order valence-corrected chi connectivity index (χ2v) is 6.86. The van der Waals surface area contributed by atoms with Gasteiger partial charge in [0.2, 0.25) is 0 Å². The summed E-state index contributed by atoms with van der Waals surface area (Å²) in [7, 11) is 2.12. The topological polar surface area (TPSA) is 15.3 Å². The van der Waals surface area contributed by atoms with E-state index in [9.17, 15) is 0 Å². The van der Waals surface area contributed by atoms with Crippen LogP contribution >= 0.6 is 0 Å². The fourth-order valence-corrected chi connectivity index (χ4v) is 4.29. The van der Waals surface area contributed by atoms with Crippen molar-refractivity contribution in [1.29, 1.82) is 0 Å². The highest BCUT2D eigenvalue weighted by Crippen LogP contribution is 2.36. The summed E-state index contributed by atoms with van der Waals surface area (Å²) in [5.41, 5.74) is 0. The number of piperidine rings is 1. The van der Waals surface area contributed by atoms with Gasteiger partial charge in [0.1, 0.15) is 0 Å². The summed E-state index contributed by atoms with van der Waals surface area (Å²) in [6, 6.07) is 2.28. The standard InChI is InChI=1S/C16H32N2/c1-11-7-6-8-16(12(11)2)18-10-9-15(17-5)13(3)14(18)4/h11-17H,6-10H2,1-5H3. The van der Waals surface area contributed by atoms with Gasteiger partial charge in [0.05, 0.1) is 0 Å². The van der Waals surface area contributed by atoms with Crippen LogP contribution in [0.15, 0.2) is 0 Å². The number of rotatable bonds is 2. The first kappa shape index (κ1) is 14.3. The second-order valence-electron chi connectivity index (χ2n) is 6.86. The van der Waals surface area contributed by atoms with E-state index in [4.69, 9.17) is 0 Å². The molecule has 1 saturated carbocycles. The lowest BCUT2D eigenvalue weighted by Crippen LogP contribution is -2.58. The Morgan fingerprint density at radius 2 is 1.67 bits per heavy atom. The molecule has 0 spiro atoms. The molecule has 6 atom stereocenters. The largest absolute Gasteiger partial charge is 0.317 e. The maximum Gasteiger partial charge on any atom is 0.0126 e. The molecule has 2 nitrogen and oxygen atoms in total. The molecule has 0 aromatic rings. The van der Waals surface area contributed by atoms with Gasteiger partial charge in [-0.25, -0.2) is 0 Å². The minimum Gasteiger partial charge on any atom is -0.317 e. The maximum atomic E-state index is 3.50. The van der Waals surface area contributed by atoms with Gasteiger partial charge in [-0.15, -0.1) is 0 Å². The minimum absolute atomic E-state index is 0.715. The van der Waals surface area contributed by atoms with Crippen molar-refractivity contribution in [2.24, 2.45) is 17.8 Å². The maximum absolute atomic E-state index is 3.50. The van der Waals surface area contributed by atoms with Crippen molar-refractivity contribution in [2.45, 2.75) is 71.5 Å². The van der Waals surface area contributed by atoms with Crippen molar-refractivity contribution in [1.82, 2.24) is 10.2 Å². The molecule has 0 aromatic heterocycles. The molecule has 2 heteroatoms. The molecule has 1 heterocycles. The van der Waals surface area contributed by atoms with Crippen LogP contribution in [0.3, 0.4) is 0 Å². The van der Waals surface area contributed by atoms with Crippen LogP contribution < -0.4 is 5.32 Å². The van der Waals surface area contributed by atoms with Crippen LogP contribution in [0.5, 0.6) is 0 Å². The molecule has 1 aliphatic carbocycles. The van der Waals surface area contributed by atoms with Gasteiger partial charge in [-0.3, -0.25) is 4.90 Å². The fraction of sp³-hybridized carbons (Fsp3) is 1.00. The first-order valence-corrected chi connectivity index (χ1v) is 7.99. The van der Waals surface area contributed by atoms with Gasteiger partial charge in [0.25, 0.3) is 0 Å². The van der Waals surface area contributed by atoms with Crippen molar-refractivity contribution in [3.63, 3.8) is 0 Å². The van der Waals surface area contributed by atoms with Crippen LogP contribution in [0.2, 0.25) is 0 Å². The smallest absolute Gasteiger partial charge is 0.0126 e. The first-order valence-electron chi connectivity index (χ1n) is 7.99. The van der Waals surface area contributed by atoms with Crippen molar-refractivity contribution in [2.75, 3.05) is 13.6 Å². The molecular formula is C16H32N2. The number of nitrogens with one attached hydrogen (secondary N) is 1. The molecule has 2 rings (SSSR count). The van der Waals surface area contributed by atoms with Crippen LogP contribution in [0, 0.1) is 17.8 Å². The fourth-order valence-electron chi connectivity index (χ4n) is 4.29. The Labute approximate surface area is 114 Å². The highest BCUT2D eigenvalue weighted by molar-refractivity contribution is 4.94. The van der Waals surface area contributed by atoms with Crippen LogP contribution in [0.25, 0.3) is 0 Å². The average molecular weight is 252 g/mol. The zero-order chi connectivity index (χ0) is 13.3.